The summed E-state index contributed by atoms with van der Waals surface area (Å²) < 4.78 is 72.2. The molecule has 1 atom stereocenters. The number of hydrogen-bond donors (Lipinski definition) is 0. The highest BCUT2D eigenvalue weighted by atomic mass is 32.2. The van der Waals surface area contributed by atoms with Crippen molar-refractivity contribution in [3.8, 4) is 5.75 Å². The maximum atomic E-state index is 12.7. The fourth-order valence-corrected chi connectivity index (χ4v) is 5.38. The molecule has 0 aromatic heterocycles. The van der Waals surface area contributed by atoms with Crippen LogP contribution in [0.15, 0.2) is 36.4 Å². The van der Waals surface area contributed by atoms with Gasteiger partial charge in [0.1, 0.15) is 5.75 Å². The van der Waals surface area contributed by atoms with E-state index in [1.165, 1.54) is 37.8 Å². The van der Waals surface area contributed by atoms with Gasteiger partial charge in [0.25, 0.3) is 0 Å². The second kappa shape index (κ2) is 11.6. The maximum Gasteiger partial charge on any atom is 0.534 e. The van der Waals surface area contributed by atoms with Gasteiger partial charge in [-0.2, -0.15) is 21.6 Å². The van der Waals surface area contributed by atoms with Crippen LogP contribution in [-0.2, 0) is 14.5 Å². The Labute approximate surface area is 209 Å². The molecule has 1 unspecified atom stereocenters. The van der Waals surface area contributed by atoms with E-state index in [0.717, 1.165) is 30.2 Å². The van der Waals surface area contributed by atoms with Crippen LogP contribution in [0.25, 0.3) is 10.8 Å². The minimum absolute atomic E-state index is 0.0240. The summed E-state index contributed by atoms with van der Waals surface area (Å²) in [7, 11) is -7.82. The Bertz CT molecular complexity index is 1080. The smallest absolute Gasteiger partial charge is 0.410 e. The number of halogens is 3. The lowest BCUT2D eigenvalue weighted by atomic mass is 9.99. The van der Waals surface area contributed by atoms with E-state index in [1.54, 1.807) is 6.07 Å². The van der Waals surface area contributed by atoms with Crippen molar-refractivity contribution in [2.45, 2.75) is 102 Å². The molecule has 9 heteroatoms. The van der Waals surface area contributed by atoms with E-state index >= 15 is 0 Å². The average molecular weight is 533 g/mol. The zero-order valence-electron chi connectivity index (χ0n) is 21.7. The zero-order chi connectivity index (χ0) is 26.5. The predicted molar refractivity (Wildman–Crippen MR) is 139 cm³/mol. The van der Waals surface area contributed by atoms with E-state index in [1.807, 2.05) is 18.2 Å². The molecule has 0 radical (unpaired) electrons. The van der Waals surface area contributed by atoms with Gasteiger partial charge in [0, 0.05) is 0 Å². The number of unbranched alkanes of at least 4 members (excludes halogenated alkanes) is 5. The van der Waals surface area contributed by atoms with Crippen molar-refractivity contribution >= 4 is 29.2 Å². The Morgan fingerprint density at radius 1 is 0.886 bits per heavy atom. The molecule has 0 spiro atoms. The van der Waals surface area contributed by atoms with Crippen molar-refractivity contribution in [2.24, 2.45) is 0 Å². The molecule has 0 aliphatic carbocycles. The Kier molecular flexibility index (Phi) is 9.86. The summed E-state index contributed by atoms with van der Waals surface area (Å²) >= 11 is 0. The summed E-state index contributed by atoms with van der Waals surface area (Å²) in [5, 5.41) is 1.40. The van der Waals surface area contributed by atoms with E-state index in [0.29, 0.717) is 5.39 Å². The summed E-state index contributed by atoms with van der Waals surface area (Å²) in [5.74, 6) is -0.371. The molecule has 0 saturated carbocycles. The van der Waals surface area contributed by atoms with Crippen LogP contribution in [0, 0.1) is 0 Å². The minimum atomic E-state index is -5.73. The fourth-order valence-electron chi connectivity index (χ4n) is 3.61. The molecule has 0 aliphatic rings. The molecule has 0 fully saturated rings. The minimum Gasteiger partial charge on any atom is -0.410 e. The van der Waals surface area contributed by atoms with Crippen LogP contribution in [0.3, 0.4) is 0 Å². The standard InChI is InChI=1S/C26H39F3O4SSi/c1-7-8-9-10-11-12-13-24(33-35(5,6)25(2,3)4)21-15-14-20-16-17-23(19-22(20)18-21)32-34(30,31)26(27,28)29/h14-19,24H,7-13H2,1-6H3. The molecule has 35 heavy (non-hydrogen) atoms. The van der Waals surface area contributed by atoms with E-state index < -0.39 is 23.9 Å². The van der Waals surface area contributed by atoms with Crippen molar-refractivity contribution in [1.29, 1.82) is 0 Å². The Morgan fingerprint density at radius 2 is 1.49 bits per heavy atom. The van der Waals surface area contributed by atoms with Crippen molar-refractivity contribution in [3.63, 3.8) is 0 Å². The number of alkyl halides is 3. The molecule has 4 nitrogen and oxygen atoms in total. The van der Waals surface area contributed by atoms with Gasteiger partial charge in [-0.25, -0.2) is 0 Å². The van der Waals surface area contributed by atoms with E-state index in [4.69, 9.17) is 4.43 Å². The van der Waals surface area contributed by atoms with Crippen molar-refractivity contribution in [1.82, 2.24) is 0 Å². The van der Waals surface area contributed by atoms with Gasteiger partial charge in [-0.3, -0.25) is 0 Å². The van der Waals surface area contributed by atoms with Crippen LogP contribution in [-0.4, -0.2) is 22.2 Å². The predicted octanol–water partition coefficient (Wildman–Crippen LogP) is 8.88. The first-order chi connectivity index (χ1) is 16.1. The lowest BCUT2D eigenvalue weighted by molar-refractivity contribution is -0.0500. The second-order valence-electron chi connectivity index (χ2n) is 10.7. The molecule has 198 valence electrons. The summed E-state index contributed by atoms with van der Waals surface area (Å²) in [6.45, 7) is 13.2. The molecule has 2 aromatic rings. The van der Waals surface area contributed by atoms with E-state index in [9.17, 15) is 21.6 Å². The SMILES string of the molecule is CCCCCCCCC(O[Si](C)(C)C(C)(C)C)c1ccc2ccc(OS(=O)(=O)C(F)(F)F)cc2c1. The Morgan fingerprint density at radius 3 is 2.09 bits per heavy atom. The van der Waals surface area contributed by atoms with E-state index in [2.05, 4.69) is 45.0 Å². The highest BCUT2D eigenvalue weighted by molar-refractivity contribution is 7.88. The Balaban J connectivity index is 2.33. The van der Waals surface area contributed by atoms with Gasteiger partial charge in [-0.15, -0.1) is 0 Å². The molecule has 2 rings (SSSR count). The van der Waals surface area contributed by atoms with Crippen LogP contribution in [0.1, 0.15) is 84.3 Å². The number of hydrogen-bond acceptors (Lipinski definition) is 4. The molecule has 0 aliphatic heterocycles. The van der Waals surface area contributed by atoms with E-state index in [-0.39, 0.29) is 16.9 Å². The summed E-state index contributed by atoms with van der Waals surface area (Å²) in [6, 6.07) is 9.86. The molecular formula is C26H39F3O4SSi. The first-order valence-electron chi connectivity index (χ1n) is 12.3. The molecule has 0 N–H and O–H groups in total. The molecule has 0 heterocycles. The Hall–Kier alpha value is -1.58. The van der Waals surface area contributed by atoms with Crippen LogP contribution < -0.4 is 4.18 Å². The first-order valence-corrected chi connectivity index (χ1v) is 16.6. The van der Waals surface area contributed by atoms with Crippen molar-refractivity contribution in [2.75, 3.05) is 0 Å². The number of benzene rings is 2. The highest BCUT2D eigenvalue weighted by Crippen LogP contribution is 2.41. The van der Waals surface area contributed by atoms with Gasteiger partial charge in [0.15, 0.2) is 8.32 Å². The molecular weight excluding hydrogens is 493 g/mol. The highest BCUT2D eigenvalue weighted by Gasteiger charge is 2.48. The molecule has 0 amide bonds. The first kappa shape index (κ1) is 29.6. The maximum absolute atomic E-state index is 12.7. The third-order valence-corrected chi connectivity index (χ3v) is 12.2. The van der Waals surface area contributed by atoms with Gasteiger partial charge in [0.05, 0.1) is 6.10 Å². The zero-order valence-corrected chi connectivity index (χ0v) is 23.5. The topological polar surface area (TPSA) is 52.6 Å². The average Bonchev–Trinajstić information content (AvgIpc) is 2.73. The van der Waals surface area contributed by atoms with Crippen molar-refractivity contribution < 1.29 is 30.2 Å². The summed E-state index contributed by atoms with van der Waals surface area (Å²) in [6.07, 6.45) is 7.70. The van der Waals surface area contributed by atoms with Crippen LogP contribution in [0.4, 0.5) is 13.2 Å². The van der Waals surface area contributed by atoms with Crippen LogP contribution in [0.2, 0.25) is 18.1 Å². The van der Waals surface area contributed by atoms with Crippen LogP contribution >= 0.6 is 0 Å². The van der Waals surface area contributed by atoms with Crippen LogP contribution in [0.5, 0.6) is 5.75 Å². The lowest BCUT2D eigenvalue weighted by Gasteiger charge is -2.39. The largest absolute Gasteiger partial charge is 0.534 e. The van der Waals surface area contributed by atoms with Gasteiger partial charge in [-0.1, -0.05) is 84.4 Å². The number of fused-ring (bicyclic) bond motifs is 1. The molecule has 0 saturated heterocycles. The van der Waals surface area contributed by atoms with Crippen molar-refractivity contribution in [3.05, 3.63) is 42.0 Å². The third-order valence-electron chi connectivity index (χ3n) is 6.76. The quantitative estimate of drug-likeness (QED) is 0.119. The number of rotatable bonds is 12. The molecule has 2 aromatic carbocycles. The van der Waals surface area contributed by atoms with Gasteiger partial charge >= 0.3 is 15.6 Å². The van der Waals surface area contributed by atoms with Gasteiger partial charge in [-0.05, 0) is 59.1 Å². The normalized spacial score (nSPS) is 14.3. The fraction of sp³-hybridized carbons (Fsp3) is 0.615. The summed E-state index contributed by atoms with van der Waals surface area (Å²) in [4.78, 5) is 0. The molecule has 0 bridgehead atoms. The van der Waals surface area contributed by atoms with Gasteiger partial charge in [0.2, 0.25) is 0 Å². The third kappa shape index (κ3) is 8.22. The van der Waals surface area contributed by atoms with Gasteiger partial charge < -0.3 is 8.61 Å². The second-order valence-corrected chi connectivity index (χ2v) is 17.0. The summed E-state index contributed by atoms with van der Waals surface area (Å²) in [5.41, 5.74) is -4.55. The monoisotopic (exact) mass is 532 g/mol. The lowest BCUT2D eigenvalue weighted by Crippen LogP contribution is -2.41.